The molecule has 0 radical (unpaired) electrons. The van der Waals surface area contributed by atoms with E-state index in [0.717, 1.165) is 10.9 Å². The molecule has 3 heterocycles. The molecule has 1 aliphatic rings. The molecule has 7 heteroatoms. The minimum absolute atomic E-state index is 0.0712. The van der Waals surface area contributed by atoms with Crippen molar-refractivity contribution < 1.29 is 15.0 Å². The third-order valence-electron chi connectivity index (χ3n) is 4.41. The van der Waals surface area contributed by atoms with Crippen molar-refractivity contribution in [1.82, 2.24) is 20.1 Å². The Bertz CT molecular complexity index is 915. The van der Waals surface area contributed by atoms with Gasteiger partial charge in [0.15, 0.2) is 5.65 Å². The van der Waals surface area contributed by atoms with Crippen LogP contribution in [0.5, 0.6) is 5.75 Å². The molecule has 0 bridgehead atoms. The van der Waals surface area contributed by atoms with E-state index in [9.17, 15) is 9.90 Å². The van der Waals surface area contributed by atoms with E-state index in [1.165, 1.54) is 0 Å². The Kier molecular flexibility index (Phi) is 3.42. The topological polar surface area (TPSA) is 102 Å². The van der Waals surface area contributed by atoms with Crippen molar-refractivity contribution in [2.75, 3.05) is 19.6 Å². The van der Waals surface area contributed by atoms with Crippen LogP contribution in [0.2, 0.25) is 0 Å². The molecule has 122 valence electrons. The number of H-pyrrole nitrogens is 1. The number of phenolic OH excluding ortho intramolecular Hbond substituents is 1. The Labute approximate surface area is 137 Å². The third kappa shape index (κ3) is 2.48. The number of rotatable bonds is 4. The van der Waals surface area contributed by atoms with Gasteiger partial charge in [-0.25, -0.2) is 0 Å². The van der Waals surface area contributed by atoms with E-state index >= 15 is 0 Å². The van der Waals surface area contributed by atoms with Gasteiger partial charge in [-0.15, -0.1) is 10.2 Å². The van der Waals surface area contributed by atoms with Crippen LogP contribution in [-0.2, 0) is 4.79 Å². The molecule has 0 aliphatic carbocycles. The van der Waals surface area contributed by atoms with Crippen LogP contribution in [0.15, 0.2) is 36.5 Å². The molecule has 0 atom stereocenters. The monoisotopic (exact) mass is 324 g/mol. The van der Waals surface area contributed by atoms with Crippen LogP contribution in [0, 0.1) is 0 Å². The minimum Gasteiger partial charge on any atom is -0.507 e. The molecular weight excluding hydrogens is 308 g/mol. The lowest BCUT2D eigenvalue weighted by Gasteiger charge is -2.38. The Hall–Kier alpha value is -2.93. The molecule has 0 unspecified atom stereocenters. The van der Waals surface area contributed by atoms with Gasteiger partial charge in [0.05, 0.1) is 12.2 Å². The van der Waals surface area contributed by atoms with E-state index in [2.05, 4.69) is 15.2 Å². The van der Waals surface area contributed by atoms with Gasteiger partial charge >= 0.3 is 5.97 Å². The molecule has 2 aromatic heterocycles. The Balaban J connectivity index is 1.65. The molecule has 1 fully saturated rings. The van der Waals surface area contributed by atoms with Crippen LogP contribution in [0.3, 0.4) is 0 Å². The van der Waals surface area contributed by atoms with Crippen molar-refractivity contribution in [3.63, 3.8) is 0 Å². The van der Waals surface area contributed by atoms with Crippen molar-refractivity contribution in [2.24, 2.45) is 0 Å². The number of carboxylic acid groups (broad SMARTS) is 1. The maximum Gasteiger partial charge on any atom is 0.317 e. The van der Waals surface area contributed by atoms with E-state index in [1.807, 2.05) is 23.2 Å². The summed E-state index contributed by atoms with van der Waals surface area (Å²) in [6.45, 7) is 1.50. The van der Waals surface area contributed by atoms with E-state index in [4.69, 9.17) is 5.11 Å². The average molecular weight is 324 g/mol. The van der Waals surface area contributed by atoms with Crippen LogP contribution < -0.4 is 0 Å². The van der Waals surface area contributed by atoms with Crippen molar-refractivity contribution in [3.8, 4) is 17.0 Å². The number of aromatic hydroxyl groups is 1. The lowest BCUT2D eigenvalue weighted by molar-refractivity contribution is -0.139. The average Bonchev–Trinajstić information content (AvgIpc) is 2.93. The number of hydrogen-bond donors (Lipinski definition) is 3. The highest BCUT2D eigenvalue weighted by Crippen LogP contribution is 2.34. The lowest BCUT2D eigenvalue weighted by Crippen LogP contribution is -2.47. The van der Waals surface area contributed by atoms with Gasteiger partial charge in [0.2, 0.25) is 0 Å². The summed E-state index contributed by atoms with van der Waals surface area (Å²) in [5, 5.41) is 28.2. The van der Waals surface area contributed by atoms with Gasteiger partial charge in [-0.2, -0.15) is 0 Å². The number of hydrogen-bond acceptors (Lipinski definition) is 5. The molecule has 1 aliphatic heterocycles. The van der Waals surface area contributed by atoms with Gasteiger partial charge in [-0.05, 0) is 23.8 Å². The van der Waals surface area contributed by atoms with Crippen molar-refractivity contribution in [3.05, 3.63) is 42.1 Å². The zero-order chi connectivity index (χ0) is 16.7. The maximum atomic E-state index is 10.8. The smallest absolute Gasteiger partial charge is 0.317 e. The molecule has 4 rings (SSSR count). The highest BCUT2D eigenvalue weighted by atomic mass is 16.4. The van der Waals surface area contributed by atoms with Crippen molar-refractivity contribution in [2.45, 2.75) is 5.92 Å². The highest BCUT2D eigenvalue weighted by Gasteiger charge is 2.31. The summed E-state index contributed by atoms with van der Waals surface area (Å²) in [6, 6.07) is 8.94. The fourth-order valence-electron chi connectivity index (χ4n) is 3.19. The summed E-state index contributed by atoms with van der Waals surface area (Å²) in [5.74, 6) is -0.362. The zero-order valence-corrected chi connectivity index (χ0v) is 12.8. The molecule has 24 heavy (non-hydrogen) atoms. The van der Waals surface area contributed by atoms with E-state index in [0.29, 0.717) is 30.0 Å². The number of fused-ring (bicyclic) bond motifs is 1. The van der Waals surface area contributed by atoms with Gasteiger partial charge in [0, 0.05) is 36.2 Å². The van der Waals surface area contributed by atoms with Gasteiger partial charge in [0.1, 0.15) is 5.75 Å². The van der Waals surface area contributed by atoms with Crippen LogP contribution in [0.25, 0.3) is 22.3 Å². The predicted octanol–water partition coefficient (Wildman–Crippen LogP) is 1.81. The van der Waals surface area contributed by atoms with E-state index in [1.54, 1.807) is 18.2 Å². The summed E-state index contributed by atoms with van der Waals surface area (Å²) < 4.78 is 0. The van der Waals surface area contributed by atoms with E-state index in [-0.39, 0.29) is 18.2 Å². The molecule has 0 spiro atoms. The van der Waals surface area contributed by atoms with Gasteiger partial charge in [0.25, 0.3) is 0 Å². The summed E-state index contributed by atoms with van der Waals surface area (Å²) in [5.41, 5.74) is 3.06. The fraction of sp³-hybridized carbons (Fsp3) is 0.235. The van der Waals surface area contributed by atoms with Crippen molar-refractivity contribution in [1.29, 1.82) is 0 Å². The summed E-state index contributed by atoms with van der Waals surface area (Å²) in [6.07, 6.45) is 1.91. The summed E-state index contributed by atoms with van der Waals surface area (Å²) in [7, 11) is 0. The number of phenols is 1. The number of nitrogens with zero attached hydrogens (tertiary/aromatic N) is 3. The number of para-hydroxylation sites is 1. The molecule has 0 amide bonds. The van der Waals surface area contributed by atoms with Crippen LogP contribution in [-0.4, -0.2) is 55.9 Å². The van der Waals surface area contributed by atoms with Gasteiger partial charge in [-0.1, -0.05) is 12.1 Å². The first-order valence-corrected chi connectivity index (χ1v) is 7.69. The zero-order valence-electron chi connectivity index (χ0n) is 12.8. The van der Waals surface area contributed by atoms with Crippen LogP contribution in [0.4, 0.5) is 0 Å². The first-order valence-electron chi connectivity index (χ1n) is 7.69. The standard InChI is InChI=1S/C17H16N4O3/c22-15-4-2-1-3-11(15)14-5-12-13(6-18-17(12)20-19-14)10-7-21(8-10)9-16(23)24/h1-6,10,22H,7-9H2,(H,18,20)(H,23,24). The maximum absolute atomic E-state index is 10.8. The molecule has 3 N–H and O–H groups in total. The number of carboxylic acids is 1. The molecule has 1 saturated heterocycles. The first-order chi connectivity index (χ1) is 11.6. The number of benzene rings is 1. The van der Waals surface area contributed by atoms with E-state index < -0.39 is 5.97 Å². The van der Waals surface area contributed by atoms with Crippen molar-refractivity contribution >= 4 is 17.0 Å². The SMILES string of the molecule is O=C(O)CN1CC(c2c[nH]c3nnc(-c4ccccc4O)cc23)C1. The third-order valence-corrected chi connectivity index (χ3v) is 4.41. The number of carbonyl (C=O) groups is 1. The number of likely N-dealkylation sites (tertiary alicyclic amines) is 1. The number of aliphatic carboxylic acids is 1. The Morgan fingerprint density at radius 1 is 1.29 bits per heavy atom. The second kappa shape index (κ2) is 5.61. The first kappa shape index (κ1) is 14.6. The minimum atomic E-state index is -0.805. The van der Waals surface area contributed by atoms with Gasteiger partial charge < -0.3 is 15.2 Å². The van der Waals surface area contributed by atoms with Crippen LogP contribution >= 0.6 is 0 Å². The fourth-order valence-corrected chi connectivity index (χ4v) is 3.19. The quantitative estimate of drug-likeness (QED) is 0.676. The second-order valence-electron chi connectivity index (χ2n) is 6.04. The molecular formula is C17H16N4O3. The molecule has 0 saturated carbocycles. The predicted molar refractivity (Wildman–Crippen MR) is 87.8 cm³/mol. The second-order valence-corrected chi connectivity index (χ2v) is 6.04. The molecule has 7 nitrogen and oxygen atoms in total. The largest absolute Gasteiger partial charge is 0.507 e. The number of aromatic nitrogens is 3. The summed E-state index contributed by atoms with van der Waals surface area (Å²) >= 11 is 0. The molecule has 3 aromatic rings. The number of nitrogens with one attached hydrogen (secondary N) is 1. The Morgan fingerprint density at radius 2 is 2.08 bits per heavy atom. The lowest BCUT2D eigenvalue weighted by atomic mass is 9.91. The Morgan fingerprint density at radius 3 is 2.83 bits per heavy atom. The van der Waals surface area contributed by atoms with Crippen LogP contribution in [0.1, 0.15) is 11.5 Å². The highest BCUT2D eigenvalue weighted by molar-refractivity contribution is 5.84. The molecule has 1 aromatic carbocycles. The number of aromatic amines is 1. The summed E-state index contributed by atoms with van der Waals surface area (Å²) in [4.78, 5) is 15.8. The normalized spacial score (nSPS) is 15.5. The van der Waals surface area contributed by atoms with Gasteiger partial charge in [-0.3, -0.25) is 9.69 Å².